The second kappa shape index (κ2) is 6.60. The predicted molar refractivity (Wildman–Crippen MR) is 87.6 cm³/mol. The first kappa shape index (κ1) is 16.7. The van der Waals surface area contributed by atoms with Crippen LogP contribution in [0.2, 0.25) is 0 Å². The van der Waals surface area contributed by atoms with Gasteiger partial charge in [-0.05, 0) is 45.4 Å². The molecular formula is C16H20N4O3. The number of aromatic nitrogens is 2. The molecule has 2 heterocycles. The summed E-state index contributed by atoms with van der Waals surface area (Å²) in [5.74, 6) is 0.772. The van der Waals surface area contributed by atoms with E-state index in [9.17, 15) is 10.1 Å². The van der Waals surface area contributed by atoms with Crippen LogP contribution in [0.3, 0.4) is 0 Å². The molecule has 0 unspecified atom stereocenters. The Morgan fingerprint density at radius 3 is 2.61 bits per heavy atom. The summed E-state index contributed by atoms with van der Waals surface area (Å²) >= 11 is 0. The number of hydrogen-bond acceptors (Lipinski definition) is 6. The fourth-order valence-corrected chi connectivity index (χ4v) is 2.03. The molecule has 2 aromatic rings. The minimum absolute atomic E-state index is 0.00674. The summed E-state index contributed by atoms with van der Waals surface area (Å²) in [6.07, 6.45) is 3.20. The monoisotopic (exact) mass is 316 g/mol. The lowest BCUT2D eigenvalue weighted by atomic mass is 10.2. The first-order chi connectivity index (χ1) is 10.8. The summed E-state index contributed by atoms with van der Waals surface area (Å²) in [4.78, 5) is 19.0. The van der Waals surface area contributed by atoms with E-state index in [1.807, 2.05) is 26.8 Å². The lowest BCUT2D eigenvalue weighted by molar-refractivity contribution is -0.384. The molecule has 2 rings (SSSR count). The Hall–Kier alpha value is -2.70. The normalized spacial score (nSPS) is 11.1. The molecule has 0 aliphatic heterocycles. The lowest BCUT2D eigenvalue weighted by Gasteiger charge is -2.20. The van der Waals surface area contributed by atoms with Crippen LogP contribution in [0.5, 0.6) is 5.88 Å². The number of anilines is 1. The fraction of sp³-hybridized carbons (Fsp3) is 0.375. The molecule has 1 N–H and O–H groups in total. The van der Waals surface area contributed by atoms with Gasteiger partial charge in [0.1, 0.15) is 5.60 Å². The Balaban J connectivity index is 2.15. The largest absolute Gasteiger partial charge is 0.472 e. The molecule has 23 heavy (non-hydrogen) atoms. The van der Waals surface area contributed by atoms with Crippen molar-refractivity contribution in [2.75, 3.05) is 5.32 Å². The van der Waals surface area contributed by atoms with Crippen molar-refractivity contribution in [1.82, 2.24) is 9.97 Å². The predicted octanol–water partition coefficient (Wildman–Crippen LogP) is 3.48. The Labute approximate surface area is 134 Å². The van der Waals surface area contributed by atoms with Crippen LogP contribution in [0.25, 0.3) is 0 Å². The standard InChI is InChI=1S/C16H20N4O3/c1-11-5-7-18-15(14(11)20(21)22)19-10-12-6-8-17-13(9-12)23-16(2,3)4/h5-9H,10H2,1-4H3,(H,18,19). The first-order valence-electron chi connectivity index (χ1n) is 7.24. The number of nitrogens with zero attached hydrogens (tertiary/aromatic N) is 3. The molecular weight excluding hydrogens is 296 g/mol. The summed E-state index contributed by atoms with van der Waals surface area (Å²) in [6, 6.07) is 5.25. The zero-order chi connectivity index (χ0) is 17.0. The van der Waals surface area contributed by atoms with Gasteiger partial charge >= 0.3 is 5.69 Å². The lowest BCUT2D eigenvalue weighted by Crippen LogP contribution is -2.23. The van der Waals surface area contributed by atoms with E-state index in [2.05, 4.69) is 15.3 Å². The molecule has 0 aliphatic rings. The van der Waals surface area contributed by atoms with E-state index in [1.54, 1.807) is 31.5 Å². The van der Waals surface area contributed by atoms with Gasteiger partial charge in [0, 0.05) is 30.6 Å². The fourth-order valence-electron chi connectivity index (χ4n) is 2.03. The first-order valence-corrected chi connectivity index (χ1v) is 7.24. The van der Waals surface area contributed by atoms with Crippen LogP contribution < -0.4 is 10.1 Å². The highest BCUT2D eigenvalue weighted by Gasteiger charge is 2.18. The van der Waals surface area contributed by atoms with E-state index in [-0.39, 0.29) is 17.1 Å². The van der Waals surface area contributed by atoms with Gasteiger partial charge in [0.15, 0.2) is 0 Å². The van der Waals surface area contributed by atoms with Crippen LogP contribution in [-0.4, -0.2) is 20.5 Å². The Kier molecular flexibility index (Phi) is 4.78. The molecule has 2 aromatic heterocycles. The van der Waals surface area contributed by atoms with E-state index >= 15 is 0 Å². The number of nitro groups is 1. The van der Waals surface area contributed by atoms with Gasteiger partial charge in [0.25, 0.3) is 0 Å². The second-order valence-electron chi connectivity index (χ2n) is 6.15. The van der Waals surface area contributed by atoms with Gasteiger partial charge in [-0.15, -0.1) is 0 Å². The van der Waals surface area contributed by atoms with Gasteiger partial charge in [0.05, 0.1) is 4.92 Å². The molecule has 0 fully saturated rings. The highest BCUT2D eigenvalue weighted by Crippen LogP contribution is 2.26. The highest BCUT2D eigenvalue weighted by atomic mass is 16.6. The molecule has 0 bridgehead atoms. The second-order valence-corrected chi connectivity index (χ2v) is 6.15. The van der Waals surface area contributed by atoms with Crippen molar-refractivity contribution in [2.24, 2.45) is 0 Å². The Morgan fingerprint density at radius 2 is 1.96 bits per heavy atom. The zero-order valence-electron chi connectivity index (χ0n) is 13.7. The van der Waals surface area contributed by atoms with E-state index in [1.165, 1.54) is 0 Å². The summed E-state index contributed by atoms with van der Waals surface area (Å²) in [5.41, 5.74) is 1.12. The SMILES string of the molecule is Cc1ccnc(NCc2ccnc(OC(C)(C)C)c2)c1[N+](=O)[O-]. The van der Waals surface area contributed by atoms with Gasteiger partial charge in [0.2, 0.25) is 11.7 Å². The third-order valence-corrected chi connectivity index (χ3v) is 2.98. The summed E-state index contributed by atoms with van der Waals surface area (Å²) in [6.45, 7) is 7.91. The minimum atomic E-state index is -0.425. The number of ether oxygens (including phenoxy) is 1. The maximum Gasteiger partial charge on any atom is 0.314 e. The quantitative estimate of drug-likeness (QED) is 0.671. The molecule has 0 saturated heterocycles. The van der Waals surface area contributed by atoms with Crippen molar-refractivity contribution in [3.63, 3.8) is 0 Å². The van der Waals surface area contributed by atoms with Crippen molar-refractivity contribution < 1.29 is 9.66 Å². The molecule has 0 saturated carbocycles. The Bertz CT molecular complexity index is 711. The summed E-state index contributed by atoms with van der Waals surface area (Å²) in [5, 5.41) is 14.2. The smallest absolute Gasteiger partial charge is 0.314 e. The number of aryl methyl sites for hydroxylation is 1. The third kappa shape index (κ3) is 4.64. The van der Waals surface area contributed by atoms with Gasteiger partial charge in [-0.25, -0.2) is 9.97 Å². The van der Waals surface area contributed by atoms with Crippen molar-refractivity contribution in [3.8, 4) is 5.88 Å². The van der Waals surface area contributed by atoms with Crippen molar-refractivity contribution in [2.45, 2.75) is 39.8 Å². The van der Waals surface area contributed by atoms with Crippen LogP contribution in [0, 0.1) is 17.0 Å². The van der Waals surface area contributed by atoms with Crippen LogP contribution in [0.4, 0.5) is 11.5 Å². The van der Waals surface area contributed by atoms with Crippen molar-refractivity contribution in [1.29, 1.82) is 0 Å². The summed E-state index contributed by atoms with van der Waals surface area (Å²) in [7, 11) is 0. The van der Waals surface area contributed by atoms with E-state index in [0.717, 1.165) is 5.56 Å². The summed E-state index contributed by atoms with van der Waals surface area (Å²) < 4.78 is 5.71. The zero-order valence-corrected chi connectivity index (χ0v) is 13.7. The van der Waals surface area contributed by atoms with Crippen molar-refractivity contribution >= 4 is 11.5 Å². The van der Waals surface area contributed by atoms with Gasteiger partial charge in [-0.1, -0.05) is 0 Å². The van der Waals surface area contributed by atoms with Crippen LogP contribution >= 0.6 is 0 Å². The molecule has 0 aromatic carbocycles. The average Bonchev–Trinajstić information content (AvgIpc) is 2.43. The number of hydrogen-bond donors (Lipinski definition) is 1. The molecule has 0 aliphatic carbocycles. The highest BCUT2D eigenvalue weighted by molar-refractivity contribution is 5.59. The van der Waals surface area contributed by atoms with Gasteiger partial charge < -0.3 is 10.1 Å². The molecule has 122 valence electrons. The van der Waals surface area contributed by atoms with Crippen LogP contribution in [-0.2, 0) is 6.54 Å². The van der Waals surface area contributed by atoms with E-state index < -0.39 is 4.92 Å². The Morgan fingerprint density at radius 1 is 1.26 bits per heavy atom. The van der Waals surface area contributed by atoms with E-state index in [4.69, 9.17) is 4.74 Å². The van der Waals surface area contributed by atoms with Gasteiger partial charge in [-0.2, -0.15) is 0 Å². The minimum Gasteiger partial charge on any atom is -0.472 e. The molecule has 0 atom stereocenters. The third-order valence-electron chi connectivity index (χ3n) is 2.98. The number of pyridine rings is 2. The molecule has 7 nitrogen and oxygen atoms in total. The van der Waals surface area contributed by atoms with Gasteiger partial charge in [-0.3, -0.25) is 10.1 Å². The molecule has 0 amide bonds. The topological polar surface area (TPSA) is 90.2 Å². The van der Waals surface area contributed by atoms with Crippen LogP contribution in [0.15, 0.2) is 30.6 Å². The van der Waals surface area contributed by atoms with Crippen LogP contribution in [0.1, 0.15) is 31.9 Å². The molecule has 0 spiro atoms. The molecule has 0 radical (unpaired) electrons. The number of nitrogens with one attached hydrogen (secondary N) is 1. The maximum absolute atomic E-state index is 11.2. The average molecular weight is 316 g/mol. The molecule has 7 heteroatoms. The van der Waals surface area contributed by atoms with E-state index in [0.29, 0.717) is 18.0 Å². The number of rotatable bonds is 5. The maximum atomic E-state index is 11.2. The van der Waals surface area contributed by atoms with Crippen molar-refractivity contribution in [3.05, 3.63) is 51.8 Å².